The summed E-state index contributed by atoms with van der Waals surface area (Å²) in [4.78, 5) is 16.2. The van der Waals surface area contributed by atoms with E-state index in [-0.39, 0.29) is 24.2 Å². The van der Waals surface area contributed by atoms with Crippen LogP contribution in [0.15, 0.2) is 40.9 Å². The van der Waals surface area contributed by atoms with Crippen LogP contribution in [0.5, 0.6) is 0 Å². The number of fused-ring (bicyclic) bond motifs is 1. The molecule has 1 fully saturated rings. The van der Waals surface area contributed by atoms with Gasteiger partial charge in [-0.25, -0.2) is 4.99 Å². The maximum Gasteiger partial charge on any atom is 0.257 e. The third-order valence-electron chi connectivity index (χ3n) is 3.64. The van der Waals surface area contributed by atoms with E-state index >= 15 is 0 Å². The fourth-order valence-electron chi connectivity index (χ4n) is 2.65. The zero-order chi connectivity index (χ0) is 11.7. The fraction of sp³-hybridized carbons (Fsp3) is 0.429. The Bertz CT molecular complexity index is 456. The predicted octanol–water partition coefficient (Wildman–Crippen LogP) is 2.06. The second-order valence-corrected chi connectivity index (χ2v) is 4.77. The standard InChI is InChI=1S/C14H16N2O.ClH/c17-14-12-4-2-1-3-11(12)9-13(16-14)10-5-7-15-8-6-10;/h1-4,9-10,12,15H,5-8H2;1H. The van der Waals surface area contributed by atoms with Gasteiger partial charge in [0.05, 0.1) is 5.92 Å². The number of hydrogen-bond acceptors (Lipinski definition) is 2. The molecule has 0 saturated carbocycles. The van der Waals surface area contributed by atoms with Crippen molar-refractivity contribution in [1.29, 1.82) is 0 Å². The van der Waals surface area contributed by atoms with Crippen molar-refractivity contribution in [2.45, 2.75) is 12.8 Å². The van der Waals surface area contributed by atoms with Gasteiger partial charge in [-0.1, -0.05) is 24.3 Å². The van der Waals surface area contributed by atoms with Crippen LogP contribution in [0.4, 0.5) is 0 Å². The molecule has 1 amide bonds. The maximum atomic E-state index is 12.0. The lowest BCUT2D eigenvalue weighted by molar-refractivity contribution is -0.119. The summed E-state index contributed by atoms with van der Waals surface area (Å²) in [5, 5.41) is 3.34. The molecule has 2 aliphatic heterocycles. The first-order valence-electron chi connectivity index (χ1n) is 6.24. The van der Waals surface area contributed by atoms with E-state index in [9.17, 15) is 4.79 Å². The molecule has 3 rings (SSSR count). The molecular formula is C14H17ClN2O. The number of amides is 1. The molecule has 3 aliphatic rings. The SMILES string of the molecule is Cl.O=C1N=C(C2CCNCC2)C=C2C=CC=CC12. The van der Waals surface area contributed by atoms with Gasteiger partial charge in [-0.05, 0) is 37.6 Å². The van der Waals surface area contributed by atoms with Crippen LogP contribution in [0.25, 0.3) is 0 Å². The van der Waals surface area contributed by atoms with E-state index in [1.165, 1.54) is 0 Å². The highest BCUT2D eigenvalue weighted by Crippen LogP contribution is 2.27. The minimum atomic E-state index is -0.134. The Kier molecular flexibility index (Phi) is 4.15. The molecule has 0 spiro atoms. The van der Waals surface area contributed by atoms with E-state index in [2.05, 4.69) is 16.4 Å². The lowest BCUT2D eigenvalue weighted by Crippen LogP contribution is -2.33. The summed E-state index contributed by atoms with van der Waals surface area (Å²) in [6, 6.07) is 0. The highest BCUT2D eigenvalue weighted by molar-refractivity contribution is 6.09. The van der Waals surface area contributed by atoms with Gasteiger partial charge in [-0.2, -0.15) is 0 Å². The number of dihydropyridines is 1. The Morgan fingerprint density at radius 3 is 2.78 bits per heavy atom. The summed E-state index contributed by atoms with van der Waals surface area (Å²) < 4.78 is 0. The summed E-state index contributed by atoms with van der Waals surface area (Å²) in [6.45, 7) is 2.06. The molecule has 0 aromatic carbocycles. The van der Waals surface area contributed by atoms with Crippen LogP contribution in [-0.4, -0.2) is 24.7 Å². The largest absolute Gasteiger partial charge is 0.317 e. The van der Waals surface area contributed by atoms with E-state index in [1.807, 2.05) is 24.3 Å². The average molecular weight is 265 g/mol. The molecule has 1 atom stereocenters. The highest BCUT2D eigenvalue weighted by Gasteiger charge is 2.28. The van der Waals surface area contributed by atoms with Crippen LogP contribution in [0.3, 0.4) is 0 Å². The predicted molar refractivity (Wildman–Crippen MR) is 75.1 cm³/mol. The average Bonchev–Trinajstić information content (AvgIpc) is 2.40. The third kappa shape index (κ3) is 2.47. The molecular weight excluding hydrogens is 248 g/mol. The molecule has 3 nitrogen and oxygen atoms in total. The number of carbonyl (C=O) groups excluding carboxylic acids is 1. The van der Waals surface area contributed by atoms with Gasteiger partial charge in [-0.3, -0.25) is 4.79 Å². The summed E-state index contributed by atoms with van der Waals surface area (Å²) in [7, 11) is 0. The molecule has 0 radical (unpaired) electrons. The Morgan fingerprint density at radius 1 is 1.22 bits per heavy atom. The smallest absolute Gasteiger partial charge is 0.257 e. The van der Waals surface area contributed by atoms with E-state index in [0.29, 0.717) is 5.92 Å². The Hall–Kier alpha value is -1.19. The van der Waals surface area contributed by atoms with Crippen molar-refractivity contribution in [2.75, 3.05) is 13.1 Å². The summed E-state index contributed by atoms with van der Waals surface area (Å²) in [5.41, 5.74) is 2.09. The van der Waals surface area contributed by atoms with Gasteiger partial charge in [0, 0.05) is 11.6 Å². The van der Waals surface area contributed by atoms with E-state index in [0.717, 1.165) is 37.2 Å². The Labute approximate surface area is 113 Å². The molecule has 0 bridgehead atoms. The quantitative estimate of drug-likeness (QED) is 0.788. The van der Waals surface area contributed by atoms with Gasteiger partial charge in [0.15, 0.2) is 0 Å². The normalized spacial score (nSPS) is 27.1. The number of carbonyl (C=O) groups is 1. The first kappa shape index (κ1) is 13.2. The van der Waals surface area contributed by atoms with Gasteiger partial charge in [0.1, 0.15) is 0 Å². The zero-order valence-electron chi connectivity index (χ0n) is 10.1. The van der Waals surface area contributed by atoms with E-state index < -0.39 is 0 Å². The minimum Gasteiger partial charge on any atom is -0.317 e. The number of piperidine rings is 1. The number of aliphatic imine (C=N–C) groups is 1. The summed E-state index contributed by atoms with van der Waals surface area (Å²) >= 11 is 0. The van der Waals surface area contributed by atoms with Crippen LogP contribution in [0, 0.1) is 11.8 Å². The fourth-order valence-corrected chi connectivity index (χ4v) is 2.65. The van der Waals surface area contributed by atoms with E-state index in [4.69, 9.17) is 0 Å². The number of nitrogens with one attached hydrogen (secondary N) is 1. The van der Waals surface area contributed by atoms with Gasteiger partial charge >= 0.3 is 0 Å². The van der Waals surface area contributed by atoms with Crippen LogP contribution in [0.1, 0.15) is 12.8 Å². The van der Waals surface area contributed by atoms with Crippen molar-refractivity contribution in [3.63, 3.8) is 0 Å². The van der Waals surface area contributed by atoms with Crippen LogP contribution < -0.4 is 5.32 Å². The third-order valence-corrected chi connectivity index (χ3v) is 3.64. The molecule has 1 aliphatic carbocycles. The van der Waals surface area contributed by atoms with Crippen molar-refractivity contribution in [3.8, 4) is 0 Å². The summed E-state index contributed by atoms with van der Waals surface area (Å²) in [6.07, 6.45) is 12.1. The molecule has 0 aromatic rings. The van der Waals surface area contributed by atoms with Crippen molar-refractivity contribution in [2.24, 2.45) is 16.8 Å². The molecule has 18 heavy (non-hydrogen) atoms. The topological polar surface area (TPSA) is 41.5 Å². The first-order chi connectivity index (χ1) is 8.34. The summed E-state index contributed by atoms with van der Waals surface area (Å²) in [5.74, 6) is 0.315. The zero-order valence-corrected chi connectivity index (χ0v) is 11.0. The highest BCUT2D eigenvalue weighted by atomic mass is 35.5. The molecule has 0 aromatic heterocycles. The number of hydrogen-bond donors (Lipinski definition) is 1. The Morgan fingerprint density at radius 2 is 2.00 bits per heavy atom. The van der Waals surface area contributed by atoms with Crippen molar-refractivity contribution in [1.82, 2.24) is 5.32 Å². The van der Waals surface area contributed by atoms with Crippen molar-refractivity contribution in [3.05, 3.63) is 36.0 Å². The number of nitrogens with zero attached hydrogens (tertiary/aromatic N) is 1. The van der Waals surface area contributed by atoms with E-state index in [1.54, 1.807) is 0 Å². The number of halogens is 1. The monoisotopic (exact) mass is 264 g/mol. The van der Waals surface area contributed by atoms with Crippen molar-refractivity contribution < 1.29 is 4.79 Å². The minimum absolute atomic E-state index is 0. The number of rotatable bonds is 1. The Balaban J connectivity index is 0.00000120. The molecule has 2 heterocycles. The molecule has 1 unspecified atom stereocenters. The van der Waals surface area contributed by atoms with Crippen LogP contribution in [-0.2, 0) is 4.79 Å². The van der Waals surface area contributed by atoms with Gasteiger partial charge in [-0.15, -0.1) is 12.4 Å². The first-order valence-corrected chi connectivity index (χ1v) is 6.24. The van der Waals surface area contributed by atoms with Gasteiger partial charge in [0.2, 0.25) is 0 Å². The van der Waals surface area contributed by atoms with Crippen LogP contribution >= 0.6 is 12.4 Å². The molecule has 1 saturated heterocycles. The lowest BCUT2D eigenvalue weighted by Gasteiger charge is -2.26. The lowest BCUT2D eigenvalue weighted by atomic mass is 9.85. The second kappa shape index (κ2) is 5.63. The van der Waals surface area contributed by atoms with Gasteiger partial charge in [0.25, 0.3) is 5.91 Å². The molecule has 4 heteroatoms. The molecule has 96 valence electrons. The second-order valence-electron chi connectivity index (χ2n) is 4.77. The van der Waals surface area contributed by atoms with Crippen molar-refractivity contribution >= 4 is 24.0 Å². The van der Waals surface area contributed by atoms with Crippen LogP contribution in [0.2, 0.25) is 0 Å². The maximum absolute atomic E-state index is 12.0. The number of allylic oxidation sites excluding steroid dienone is 4. The van der Waals surface area contributed by atoms with Gasteiger partial charge < -0.3 is 5.32 Å². The molecule has 1 N–H and O–H groups in total.